The Morgan fingerprint density at radius 1 is 0.972 bits per heavy atom. The predicted molar refractivity (Wildman–Crippen MR) is 122 cm³/mol. The molecule has 2 aliphatic heterocycles. The Kier molecular flexibility index (Phi) is 6.36. The highest BCUT2D eigenvalue weighted by Gasteiger charge is 2.45. The molecule has 3 heterocycles. The van der Waals surface area contributed by atoms with Gasteiger partial charge in [-0.3, -0.25) is 4.79 Å². The van der Waals surface area contributed by atoms with Gasteiger partial charge in [-0.15, -0.1) is 0 Å². The van der Waals surface area contributed by atoms with E-state index in [-0.39, 0.29) is 40.6 Å². The van der Waals surface area contributed by atoms with E-state index < -0.39 is 42.7 Å². The molecular weight excluding hydrogens is 480 g/mol. The standard InChI is InChI=1S/C24H24O12/c1-30-14-6-15(35-24-21(29)20(28)19(27)16(7-25)36-24)22(31-2)23-17(14)18(26)11(8-32-23)10-3-4-12-13(5-10)34-9-33-12/h3-6,8,16,19-21,24-25,27-29H,7,9H2,1-2H3/t16-,19-,20+,21-,24-/m1/s1. The molecule has 12 nitrogen and oxygen atoms in total. The first-order valence-corrected chi connectivity index (χ1v) is 11.0. The van der Waals surface area contributed by atoms with Crippen molar-refractivity contribution in [1.29, 1.82) is 0 Å². The van der Waals surface area contributed by atoms with E-state index in [1.54, 1.807) is 18.2 Å². The molecule has 2 aromatic carbocycles. The van der Waals surface area contributed by atoms with Crippen LogP contribution >= 0.6 is 0 Å². The number of ether oxygens (including phenoxy) is 6. The maximum Gasteiger partial charge on any atom is 0.231 e. The van der Waals surface area contributed by atoms with Crippen LogP contribution in [0, 0.1) is 0 Å². The number of methoxy groups -OCH3 is 2. The van der Waals surface area contributed by atoms with Gasteiger partial charge in [0.05, 0.1) is 26.4 Å². The summed E-state index contributed by atoms with van der Waals surface area (Å²) in [4.78, 5) is 13.5. The van der Waals surface area contributed by atoms with Crippen molar-refractivity contribution in [2.24, 2.45) is 0 Å². The van der Waals surface area contributed by atoms with Crippen molar-refractivity contribution in [3.8, 4) is 39.9 Å². The van der Waals surface area contributed by atoms with Gasteiger partial charge in [-0.05, 0) is 17.7 Å². The molecule has 1 fully saturated rings. The van der Waals surface area contributed by atoms with E-state index in [0.717, 1.165) is 0 Å². The lowest BCUT2D eigenvalue weighted by Crippen LogP contribution is -2.60. The summed E-state index contributed by atoms with van der Waals surface area (Å²) in [5.41, 5.74) is 0.372. The highest BCUT2D eigenvalue weighted by atomic mass is 16.7. The average Bonchev–Trinajstić information content (AvgIpc) is 3.36. The van der Waals surface area contributed by atoms with Gasteiger partial charge in [-0.25, -0.2) is 0 Å². The molecule has 5 atom stereocenters. The fourth-order valence-corrected chi connectivity index (χ4v) is 4.22. The summed E-state index contributed by atoms with van der Waals surface area (Å²) >= 11 is 0. The molecule has 4 N–H and O–H groups in total. The summed E-state index contributed by atoms with van der Waals surface area (Å²) in [5.74, 6) is 1.11. The summed E-state index contributed by atoms with van der Waals surface area (Å²) in [6, 6.07) is 6.41. The van der Waals surface area contributed by atoms with Crippen LogP contribution < -0.4 is 29.1 Å². The molecule has 0 spiro atoms. The fraction of sp³-hybridized carbons (Fsp3) is 0.375. The smallest absolute Gasteiger partial charge is 0.231 e. The molecule has 3 aromatic rings. The van der Waals surface area contributed by atoms with Crippen LogP contribution in [0.5, 0.6) is 28.7 Å². The highest BCUT2D eigenvalue weighted by molar-refractivity contribution is 5.93. The summed E-state index contributed by atoms with van der Waals surface area (Å²) in [5, 5.41) is 39.9. The second-order valence-corrected chi connectivity index (χ2v) is 8.18. The van der Waals surface area contributed by atoms with Gasteiger partial charge in [0.1, 0.15) is 41.8 Å². The van der Waals surface area contributed by atoms with E-state index in [1.807, 2.05) is 0 Å². The molecule has 0 aliphatic carbocycles. The first-order chi connectivity index (χ1) is 17.4. The molecule has 0 saturated carbocycles. The van der Waals surface area contributed by atoms with Crippen LogP contribution in [0.15, 0.2) is 39.7 Å². The van der Waals surface area contributed by atoms with Gasteiger partial charge in [0.2, 0.25) is 24.3 Å². The quantitative estimate of drug-likeness (QED) is 0.365. The van der Waals surface area contributed by atoms with Crippen molar-refractivity contribution >= 4 is 11.0 Å². The SMILES string of the molecule is COc1c(O[C@@H]2O[C@H](CO)[C@@H](O)[C@H](O)[C@H]2O)cc(OC)c2c(=O)c(-c3ccc4c(c3)OCO4)coc12. The molecule has 0 amide bonds. The van der Waals surface area contributed by atoms with E-state index in [4.69, 9.17) is 32.8 Å². The van der Waals surface area contributed by atoms with Crippen molar-refractivity contribution in [2.75, 3.05) is 27.6 Å². The zero-order chi connectivity index (χ0) is 25.6. The zero-order valence-electron chi connectivity index (χ0n) is 19.2. The third-order valence-electron chi connectivity index (χ3n) is 6.13. The number of benzene rings is 2. The molecule has 0 radical (unpaired) electrons. The number of fused-ring (bicyclic) bond motifs is 2. The van der Waals surface area contributed by atoms with Gasteiger partial charge in [-0.1, -0.05) is 6.07 Å². The number of hydrogen-bond donors (Lipinski definition) is 4. The molecule has 1 aromatic heterocycles. The molecule has 1 saturated heterocycles. The van der Waals surface area contributed by atoms with Crippen LogP contribution in [-0.2, 0) is 4.74 Å². The molecule has 36 heavy (non-hydrogen) atoms. The maximum absolute atomic E-state index is 13.5. The van der Waals surface area contributed by atoms with E-state index in [2.05, 4.69) is 0 Å². The molecule has 192 valence electrons. The van der Waals surface area contributed by atoms with Gasteiger partial charge in [0.25, 0.3) is 0 Å². The second kappa shape index (κ2) is 9.48. The van der Waals surface area contributed by atoms with Gasteiger partial charge < -0.3 is 53.3 Å². The van der Waals surface area contributed by atoms with Crippen LogP contribution in [0.2, 0.25) is 0 Å². The minimum absolute atomic E-state index is 0.00269. The number of rotatable bonds is 6. The van der Waals surface area contributed by atoms with Crippen LogP contribution in [0.3, 0.4) is 0 Å². The summed E-state index contributed by atoms with van der Waals surface area (Å²) in [7, 11) is 2.68. The fourth-order valence-electron chi connectivity index (χ4n) is 4.22. The molecule has 2 aliphatic rings. The molecule has 12 heteroatoms. The zero-order valence-corrected chi connectivity index (χ0v) is 19.2. The number of hydrogen-bond acceptors (Lipinski definition) is 12. The molecular formula is C24H24O12. The van der Waals surface area contributed by atoms with Crippen molar-refractivity contribution in [3.05, 3.63) is 40.8 Å². The summed E-state index contributed by atoms with van der Waals surface area (Å²) in [6.07, 6.45) is -6.25. The largest absolute Gasteiger partial charge is 0.496 e. The van der Waals surface area contributed by atoms with Crippen molar-refractivity contribution in [2.45, 2.75) is 30.7 Å². The van der Waals surface area contributed by atoms with Crippen LogP contribution in [0.1, 0.15) is 0 Å². The van der Waals surface area contributed by atoms with Crippen LogP contribution in [-0.4, -0.2) is 78.8 Å². The van der Waals surface area contributed by atoms with E-state index in [9.17, 15) is 25.2 Å². The predicted octanol–water partition coefficient (Wildman–Crippen LogP) is 0.385. The van der Waals surface area contributed by atoms with Gasteiger partial charge in [0.15, 0.2) is 22.8 Å². The number of aliphatic hydroxyl groups is 4. The number of aliphatic hydroxyl groups excluding tert-OH is 4. The van der Waals surface area contributed by atoms with Crippen molar-refractivity contribution < 1.29 is 53.3 Å². The minimum atomic E-state index is -1.66. The lowest BCUT2D eigenvalue weighted by Gasteiger charge is -2.39. The van der Waals surface area contributed by atoms with Crippen LogP contribution in [0.25, 0.3) is 22.1 Å². The molecule has 0 unspecified atom stereocenters. The topological polar surface area (TPSA) is 167 Å². The first kappa shape index (κ1) is 24.2. The Hall–Kier alpha value is -3.55. The second-order valence-electron chi connectivity index (χ2n) is 8.18. The van der Waals surface area contributed by atoms with E-state index >= 15 is 0 Å². The monoisotopic (exact) mass is 504 g/mol. The lowest BCUT2D eigenvalue weighted by molar-refractivity contribution is -0.277. The highest BCUT2D eigenvalue weighted by Crippen LogP contribution is 2.43. The average molecular weight is 504 g/mol. The van der Waals surface area contributed by atoms with Crippen LogP contribution in [0.4, 0.5) is 0 Å². The Balaban J connectivity index is 1.58. The third kappa shape index (κ3) is 3.88. The molecule has 5 rings (SSSR count). The van der Waals surface area contributed by atoms with Crippen molar-refractivity contribution in [1.82, 2.24) is 0 Å². The van der Waals surface area contributed by atoms with Gasteiger partial charge in [0, 0.05) is 6.07 Å². The Morgan fingerprint density at radius 2 is 1.75 bits per heavy atom. The summed E-state index contributed by atoms with van der Waals surface area (Å²) in [6.45, 7) is -0.534. The Morgan fingerprint density at radius 3 is 2.47 bits per heavy atom. The Bertz CT molecular complexity index is 1330. The van der Waals surface area contributed by atoms with Gasteiger partial charge >= 0.3 is 0 Å². The Labute approximate surface area is 203 Å². The van der Waals surface area contributed by atoms with Crippen molar-refractivity contribution in [3.63, 3.8) is 0 Å². The van der Waals surface area contributed by atoms with E-state index in [0.29, 0.717) is 17.1 Å². The summed E-state index contributed by atoms with van der Waals surface area (Å²) < 4.78 is 38.6. The normalized spacial score (nSPS) is 25.1. The molecule has 0 bridgehead atoms. The maximum atomic E-state index is 13.5. The first-order valence-electron chi connectivity index (χ1n) is 11.0. The van der Waals surface area contributed by atoms with E-state index in [1.165, 1.54) is 26.5 Å². The van der Waals surface area contributed by atoms with Gasteiger partial charge in [-0.2, -0.15) is 0 Å². The lowest BCUT2D eigenvalue weighted by atomic mass is 9.99. The minimum Gasteiger partial charge on any atom is -0.496 e. The third-order valence-corrected chi connectivity index (χ3v) is 6.13.